The van der Waals surface area contributed by atoms with Gasteiger partial charge in [-0.15, -0.1) is 0 Å². The lowest BCUT2D eigenvalue weighted by Crippen LogP contribution is -2.46. The Kier molecular flexibility index (Phi) is 6.57. The summed E-state index contributed by atoms with van der Waals surface area (Å²) < 4.78 is 10.2. The first kappa shape index (κ1) is 17.4. The topological polar surface area (TPSA) is 96.4 Å². The minimum atomic E-state index is -1.07. The number of rotatable bonds is 7. The van der Waals surface area contributed by atoms with Gasteiger partial charge in [0.25, 0.3) is 5.91 Å². The largest absolute Gasteiger partial charge is 0.479 e. The number of hydrogen-bond donors (Lipinski definition) is 1. The van der Waals surface area contributed by atoms with Crippen molar-refractivity contribution >= 4 is 17.8 Å². The third-order valence-corrected chi connectivity index (χ3v) is 3.27. The zero-order valence-electron chi connectivity index (χ0n) is 12.6. The molecule has 8 heteroatoms. The number of nitrogens with zero attached hydrogens (tertiary/aromatic N) is 2. The van der Waals surface area contributed by atoms with Crippen LogP contribution in [0.1, 0.15) is 12.8 Å². The number of amides is 2. The van der Waals surface area contributed by atoms with Crippen LogP contribution in [0.4, 0.5) is 0 Å². The second kappa shape index (κ2) is 7.94. The van der Waals surface area contributed by atoms with Gasteiger partial charge in [0.15, 0.2) is 6.10 Å². The van der Waals surface area contributed by atoms with Gasteiger partial charge in [-0.2, -0.15) is 0 Å². The van der Waals surface area contributed by atoms with Crippen LogP contribution in [0.25, 0.3) is 0 Å². The van der Waals surface area contributed by atoms with E-state index in [2.05, 4.69) is 0 Å². The van der Waals surface area contributed by atoms with E-state index in [9.17, 15) is 14.4 Å². The van der Waals surface area contributed by atoms with Gasteiger partial charge in [-0.05, 0) is 12.8 Å². The number of ether oxygens (including phenoxy) is 2. The molecular weight excluding hydrogens is 280 g/mol. The fourth-order valence-corrected chi connectivity index (χ4v) is 1.98. The maximum Gasteiger partial charge on any atom is 0.332 e. The number of methoxy groups -OCH3 is 1. The number of carboxylic acids is 1. The van der Waals surface area contributed by atoms with E-state index in [1.165, 1.54) is 16.9 Å². The lowest BCUT2D eigenvalue weighted by Gasteiger charge is -2.26. The van der Waals surface area contributed by atoms with Crippen molar-refractivity contribution < 1.29 is 29.0 Å². The minimum Gasteiger partial charge on any atom is -0.479 e. The SMILES string of the molecule is COCCN(CC(=O)N(C)C)C(=O)C1CCC(C(=O)O)O1. The molecule has 2 atom stereocenters. The van der Waals surface area contributed by atoms with Crippen LogP contribution in [0.5, 0.6) is 0 Å². The molecule has 1 fully saturated rings. The van der Waals surface area contributed by atoms with Crippen LogP contribution in [-0.2, 0) is 23.9 Å². The van der Waals surface area contributed by atoms with Crippen molar-refractivity contribution in [2.75, 3.05) is 40.9 Å². The number of carbonyl (C=O) groups excluding carboxylic acids is 2. The number of hydrogen-bond acceptors (Lipinski definition) is 5. The van der Waals surface area contributed by atoms with Crippen LogP contribution < -0.4 is 0 Å². The summed E-state index contributed by atoms with van der Waals surface area (Å²) in [6.45, 7) is 0.473. The Labute approximate surface area is 123 Å². The zero-order chi connectivity index (χ0) is 16.0. The predicted octanol–water partition coefficient (Wildman–Crippen LogP) is -0.818. The predicted molar refractivity (Wildman–Crippen MR) is 72.7 cm³/mol. The van der Waals surface area contributed by atoms with Gasteiger partial charge >= 0.3 is 5.97 Å². The van der Waals surface area contributed by atoms with Crippen LogP contribution in [0.3, 0.4) is 0 Å². The van der Waals surface area contributed by atoms with Crippen LogP contribution in [0.15, 0.2) is 0 Å². The fourth-order valence-electron chi connectivity index (χ4n) is 1.98. The second-order valence-corrected chi connectivity index (χ2v) is 5.07. The van der Waals surface area contributed by atoms with Crippen molar-refractivity contribution in [1.29, 1.82) is 0 Å². The van der Waals surface area contributed by atoms with Crippen LogP contribution >= 0.6 is 0 Å². The molecule has 2 amide bonds. The summed E-state index contributed by atoms with van der Waals surface area (Å²) in [5.41, 5.74) is 0. The summed E-state index contributed by atoms with van der Waals surface area (Å²) in [6, 6.07) is 0. The van der Waals surface area contributed by atoms with Crippen molar-refractivity contribution in [1.82, 2.24) is 9.80 Å². The van der Waals surface area contributed by atoms with Gasteiger partial charge in [0.1, 0.15) is 6.10 Å². The standard InChI is InChI=1S/C13H22N2O6/c1-14(2)11(16)8-15(6-7-20-3)12(17)9-4-5-10(21-9)13(18)19/h9-10H,4-8H2,1-3H3,(H,18,19). The molecular formula is C13H22N2O6. The Morgan fingerprint density at radius 1 is 1.24 bits per heavy atom. The molecule has 0 aliphatic carbocycles. The Bertz CT molecular complexity index is 398. The van der Waals surface area contributed by atoms with Crippen LogP contribution in [-0.4, -0.2) is 85.8 Å². The summed E-state index contributed by atoms with van der Waals surface area (Å²) in [4.78, 5) is 37.7. The van der Waals surface area contributed by atoms with Crippen molar-refractivity contribution in [3.63, 3.8) is 0 Å². The molecule has 0 aromatic carbocycles. The monoisotopic (exact) mass is 302 g/mol. The van der Waals surface area contributed by atoms with Gasteiger partial charge in [-0.3, -0.25) is 9.59 Å². The molecule has 21 heavy (non-hydrogen) atoms. The number of carbonyl (C=O) groups is 3. The van der Waals surface area contributed by atoms with Crippen LogP contribution in [0.2, 0.25) is 0 Å². The molecule has 1 aliphatic rings. The summed E-state index contributed by atoms with van der Waals surface area (Å²) in [5.74, 6) is -1.66. The van der Waals surface area contributed by atoms with E-state index < -0.39 is 18.2 Å². The number of likely N-dealkylation sites (N-methyl/N-ethyl adjacent to an activating group) is 1. The van der Waals surface area contributed by atoms with Gasteiger partial charge in [-0.25, -0.2) is 4.79 Å². The molecule has 1 heterocycles. The molecule has 0 radical (unpaired) electrons. The maximum absolute atomic E-state index is 12.4. The van der Waals surface area contributed by atoms with E-state index in [-0.39, 0.29) is 24.9 Å². The molecule has 120 valence electrons. The van der Waals surface area contributed by atoms with Crippen LogP contribution in [0, 0.1) is 0 Å². The van der Waals surface area contributed by atoms with Gasteiger partial charge in [0, 0.05) is 27.7 Å². The molecule has 0 aromatic rings. The minimum absolute atomic E-state index is 0.0766. The van der Waals surface area contributed by atoms with Crippen molar-refractivity contribution in [2.45, 2.75) is 25.0 Å². The average Bonchev–Trinajstić information content (AvgIpc) is 2.92. The van der Waals surface area contributed by atoms with E-state index >= 15 is 0 Å². The molecule has 1 rings (SSSR count). The van der Waals surface area contributed by atoms with E-state index in [1.54, 1.807) is 14.1 Å². The average molecular weight is 302 g/mol. The second-order valence-electron chi connectivity index (χ2n) is 5.07. The van der Waals surface area contributed by atoms with Crippen molar-refractivity contribution in [3.05, 3.63) is 0 Å². The third-order valence-electron chi connectivity index (χ3n) is 3.27. The van der Waals surface area contributed by atoms with E-state index in [0.29, 0.717) is 19.4 Å². The van der Waals surface area contributed by atoms with Crippen molar-refractivity contribution in [3.8, 4) is 0 Å². The third kappa shape index (κ3) is 4.98. The summed E-state index contributed by atoms with van der Waals surface area (Å²) in [7, 11) is 4.71. The van der Waals surface area contributed by atoms with E-state index in [0.717, 1.165) is 0 Å². The highest BCUT2D eigenvalue weighted by Gasteiger charge is 2.37. The van der Waals surface area contributed by atoms with Crippen molar-refractivity contribution in [2.24, 2.45) is 0 Å². The first-order valence-corrected chi connectivity index (χ1v) is 6.73. The molecule has 0 bridgehead atoms. The summed E-state index contributed by atoms with van der Waals surface area (Å²) in [6.07, 6.45) is -1.12. The lowest BCUT2D eigenvalue weighted by molar-refractivity contribution is -0.156. The first-order valence-electron chi connectivity index (χ1n) is 6.73. The van der Waals surface area contributed by atoms with Gasteiger partial charge < -0.3 is 24.4 Å². The summed E-state index contributed by atoms with van der Waals surface area (Å²) in [5, 5.41) is 8.88. The molecule has 1 aliphatic heterocycles. The highest BCUT2D eigenvalue weighted by Crippen LogP contribution is 2.21. The van der Waals surface area contributed by atoms with E-state index in [1.807, 2.05) is 0 Å². The maximum atomic E-state index is 12.4. The number of aliphatic carboxylic acids is 1. The zero-order valence-corrected chi connectivity index (χ0v) is 12.6. The molecule has 0 aromatic heterocycles. The fraction of sp³-hybridized carbons (Fsp3) is 0.769. The van der Waals surface area contributed by atoms with Gasteiger partial charge in [0.05, 0.1) is 13.2 Å². The molecule has 1 N–H and O–H groups in total. The highest BCUT2D eigenvalue weighted by molar-refractivity contribution is 5.87. The smallest absolute Gasteiger partial charge is 0.332 e. The Morgan fingerprint density at radius 2 is 1.86 bits per heavy atom. The van der Waals surface area contributed by atoms with Gasteiger partial charge in [-0.1, -0.05) is 0 Å². The normalized spacial score (nSPS) is 21.1. The van der Waals surface area contributed by atoms with E-state index in [4.69, 9.17) is 14.6 Å². The lowest BCUT2D eigenvalue weighted by atomic mass is 10.2. The quantitative estimate of drug-likeness (QED) is 0.660. The highest BCUT2D eigenvalue weighted by atomic mass is 16.5. The first-order chi connectivity index (χ1) is 9.86. The Morgan fingerprint density at radius 3 is 2.33 bits per heavy atom. The summed E-state index contributed by atoms with van der Waals surface area (Å²) >= 11 is 0. The number of carboxylic acid groups (broad SMARTS) is 1. The molecule has 0 spiro atoms. The molecule has 2 unspecified atom stereocenters. The van der Waals surface area contributed by atoms with Gasteiger partial charge in [0.2, 0.25) is 5.91 Å². The molecule has 0 saturated carbocycles. The Balaban J connectivity index is 2.67. The molecule has 1 saturated heterocycles. The molecule has 8 nitrogen and oxygen atoms in total. The Hall–Kier alpha value is -1.67.